The summed E-state index contributed by atoms with van der Waals surface area (Å²) in [5.74, 6) is 5.65. The van der Waals surface area contributed by atoms with Crippen LogP contribution in [0.5, 0.6) is 5.75 Å². The fourth-order valence-electron chi connectivity index (χ4n) is 5.91. The first-order valence-electron chi connectivity index (χ1n) is 15.7. The smallest absolute Gasteiger partial charge is 0.339 e. The Morgan fingerprint density at radius 3 is 2.48 bits per heavy atom. The monoisotopic (exact) mass is 633 g/mol. The van der Waals surface area contributed by atoms with Crippen LogP contribution in [0, 0.1) is 12.7 Å². The van der Waals surface area contributed by atoms with Crippen molar-refractivity contribution in [2.45, 2.75) is 78.1 Å². The van der Waals surface area contributed by atoms with E-state index in [-0.39, 0.29) is 5.60 Å². The first-order chi connectivity index (χ1) is 21.9. The summed E-state index contributed by atoms with van der Waals surface area (Å²) in [7, 11) is 1.36. The minimum absolute atomic E-state index is 0.240. The average molecular weight is 634 g/mol. The molecule has 0 bridgehead atoms. The third-order valence-corrected chi connectivity index (χ3v) is 8.27. The molecule has 1 atom stereocenters. The molecule has 0 saturated carbocycles. The van der Waals surface area contributed by atoms with Crippen molar-refractivity contribution in [3.8, 4) is 28.1 Å². The van der Waals surface area contributed by atoms with Crippen molar-refractivity contribution in [3.63, 3.8) is 0 Å². The van der Waals surface area contributed by atoms with Crippen molar-refractivity contribution in [1.29, 1.82) is 0 Å². The number of carbonyl (C=O) groups excluding carboxylic acids is 1. The van der Waals surface area contributed by atoms with Crippen LogP contribution in [-0.2, 0) is 19.0 Å². The number of benzene rings is 2. The number of fused-ring (bicyclic) bond motifs is 1. The number of hydrogen-bond donors (Lipinski definition) is 1. The second-order valence-electron chi connectivity index (χ2n) is 13.0. The number of halogens is 1. The van der Waals surface area contributed by atoms with Crippen LogP contribution in [0.1, 0.15) is 71.2 Å². The maximum atomic E-state index is 14.2. The summed E-state index contributed by atoms with van der Waals surface area (Å²) in [5, 5.41) is 5.05. The number of nitrogens with zero attached hydrogens (tertiary/aromatic N) is 4. The molecule has 4 aromatic rings. The molecule has 246 valence electrons. The third kappa shape index (κ3) is 7.01. The number of rotatable bonds is 10. The van der Waals surface area contributed by atoms with Gasteiger partial charge in [-0.1, -0.05) is 25.1 Å². The Kier molecular flexibility index (Phi) is 9.67. The number of esters is 1. The molecule has 1 fully saturated rings. The molecule has 0 radical (unpaired) electrons. The van der Waals surface area contributed by atoms with E-state index in [0.717, 1.165) is 30.6 Å². The van der Waals surface area contributed by atoms with E-state index >= 15 is 0 Å². The summed E-state index contributed by atoms with van der Waals surface area (Å²) >= 11 is 0. The number of piperidine rings is 1. The molecule has 0 amide bonds. The number of anilines is 1. The number of nitrogens with two attached hydrogens (primary N) is 1. The summed E-state index contributed by atoms with van der Waals surface area (Å²) < 4.78 is 33.9. The third-order valence-electron chi connectivity index (χ3n) is 8.27. The fraction of sp³-hybridized carbons (Fsp3) is 0.457. The Labute approximate surface area is 269 Å². The van der Waals surface area contributed by atoms with Gasteiger partial charge in [0.2, 0.25) is 0 Å². The molecule has 0 spiro atoms. The molecule has 46 heavy (non-hydrogen) atoms. The van der Waals surface area contributed by atoms with Crippen LogP contribution in [0.4, 0.5) is 10.2 Å². The van der Waals surface area contributed by atoms with Crippen molar-refractivity contribution in [2.75, 3.05) is 31.7 Å². The van der Waals surface area contributed by atoms with Gasteiger partial charge in [-0.15, -0.1) is 0 Å². The molecule has 3 heterocycles. The molecule has 1 saturated heterocycles. The van der Waals surface area contributed by atoms with E-state index in [1.807, 2.05) is 58.0 Å². The number of hydrogen-bond acceptors (Lipinski definition) is 9. The molecule has 0 unspecified atom stereocenters. The van der Waals surface area contributed by atoms with Gasteiger partial charge in [0.15, 0.2) is 17.5 Å². The van der Waals surface area contributed by atoms with Crippen LogP contribution in [-0.4, -0.2) is 58.6 Å². The van der Waals surface area contributed by atoms with Gasteiger partial charge in [-0.05, 0) is 83.7 Å². The predicted molar refractivity (Wildman–Crippen MR) is 175 cm³/mol. The van der Waals surface area contributed by atoms with Crippen LogP contribution in [0.15, 0.2) is 48.5 Å². The van der Waals surface area contributed by atoms with Crippen molar-refractivity contribution in [1.82, 2.24) is 14.6 Å². The van der Waals surface area contributed by atoms with E-state index in [1.165, 1.54) is 25.3 Å². The van der Waals surface area contributed by atoms with Gasteiger partial charge in [-0.2, -0.15) is 15.5 Å². The Morgan fingerprint density at radius 2 is 1.83 bits per heavy atom. The van der Waals surface area contributed by atoms with Crippen molar-refractivity contribution in [2.24, 2.45) is 5.90 Å². The van der Waals surface area contributed by atoms with Crippen LogP contribution >= 0.6 is 0 Å². The predicted octanol–water partition coefficient (Wildman–Crippen LogP) is 6.58. The fourth-order valence-corrected chi connectivity index (χ4v) is 5.91. The largest absolute Gasteiger partial charge is 0.467 e. The van der Waals surface area contributed by atoms with E-state index < -0.39 is 23.5 Å². The molecule has 2 aromatic heterocycles. The lowest BCUT2D eigenvalue weighted by molar-refractivity contribution is -0.164. The molecule has 2 aromatic carbocycles. The van der Waals surface area contributed by atoms with Gasteiger partial charge in [-0.25, -0.2) is 14.2 Å². The van der Waals surface area contributed by atoms with Gasteiger partial charge in [0.25, 0.3) is 0 Å². The van der Waals surface area contributed by atoms with Crippen molar-refractivity contribution in [3.05, 3.63) is 65.6 Å². The van der Waals surface area contributed by atoms with E-state index in [1.54, 1.807) is 4.52 Å². The lowest BCUT2D eigenvalue weighted by Gasteiger charge is -2.41. The van der Waals surface area contributed by atoms with Crippen molar-refractivity contribution < 1.29 is 28.2 Å². The lowest BCUT2D eigenvalue weighted by atomic mass is 9.92. The second-order valence-corrected chi connectivity index (χ2v) is 13.0. The minimum Gasteiger partial charge on any atom is -0.467 e. The van der Waals surface area contributed by atoms with Crippen LogP contribution in [0.25, 0.3) is 28.0 Å². The normalized spacial score (nSPS) is 15.6. The van der Waals surface area contributed by atoms with E-state index in [2.05, 4.69) is 18.7 Å². The van der Waals surface area contributed by atoms with E-state index in [0.29, 0.717) is 59.2 Å². The molecule has 0 aliphatic carbocycles. The van der Waals surface area contributed by atoms with Crippen LogP contribution in [0.3, 0.4) is 0 Å². The minimum atomic E-state index is -1.03. The standard InChI is InChI=1S/C35H44FN5O5/c1-8-18-44-35(6)14-16-40(17-15-35)32-30(31(33(42)43-7)45-34(3,4)5)22(2)38-29-21-27(39-41(29)32)24-11-9-10-23(19-24)26-20-25(36)12-13-28(26)46-37/h9-13,19-21,31H,8,14-18,37H2,1-7H3/t31-/m0/s1. The van der Waals surface area contributed by atoms with Crippen LogP contribution in [0.2, 0.25) is 0 Å². The van der Waals surface area contributed by atoms with Crippen molar-refractivity contribution >= 4 is 17.4 Å². The zero-order chi connectivity index (χ0) is 33.2. The molecule has 2 N–H and O–H groups in total. The van der Waals surface area contributed by atoms with Gasteiger partial charge in [0.1, 0.15) is 11.6 Å². The van der Waals surface area contributed by atoms with Gasteiger partial charge in [0, 0.05) is 42.6 Å². The molecular weight excluding hydrogens is 589 g/mol. The highest BCUT2D eigenvalue weighted by molar-refractivity contribution is 5.81. The lowest BCUT2D eigenvalue weighted by Crippen LogP contribution is -2.46. The number of aryl methyl sites for hydroxylation is 1. The quantitative estimate of drug-likeness (QED) is 0.153. The zero-order valence-electron chi connectivity index (χ0n) is 27.7. The number of aromatic nitrogens is 3. The van der Waals surface area contributed by atoms with Gasteiger partial charge in [0.05, 0.1) is 29.6 Å². The maximum Gasteiger partial charge on any atom is 0.339 e. The molecule has 1 aliphatic heterocycles. The number of ether oxygens (including phenoxy) is 3. The SMILES string of the molecule is CCCOC1(C)CCN(c2c([C@H](OC(C)(C)C)C(=O)OC)c(C)nc3cc(-c4cccc(-c5cc(F)ccc5ON)c4)nn23)CC1. The van der Waals surface area contributed by atoms with E-state index in [4.69, 9.17) is 35.0 Å². The summed E-state index contributed by atoms with van der Waals surface area (Å²) in [5.41, 5.74) is 3.65. The summed E-state index contributed by atoms with van der Waals surface area (Å²) in [6.45, 7) is 13.9. The molecular formula is C35H44FN5O5. The van der Waals surface area contributed by atoms with Gasteiger partial charge in [-0.3, -0.25) is 0 Å². The van der Waals surface area contributed by atoms with E-state index in [9.17, 15) is 9.18 Å². The summed E-state index contributed by atoms with van der Waals surface area (Å²) in [4.78, 5) is 25.5. The number of methoxy groups -OCH3 is 1. The summed E-state index contributed by atoms with van der Waals surface area (Å²) in [6, 6.07) is 13.7. The average Bonchev–Trinajstić information content (AvgIpc) is 3.45. The Hall–Kier alpha value is -4.06. The molecule has 5 rings (SSSR count). The van der Waals surface area contributed by atoms with Gasteiger partial charge < -0.3 is 23.9 Å². The highest BCUT2D eigenvalue weighted by Gasteiger charge is 2.38. The highest BCUT2D eigenvalue weighted by Crippen LogP contribution is 2.39. The Balaban J connectivity index is 1.66. The Bertz CT molecular complexity index is 1710. The first kappa shape index (κ1) is 33.3. The Morgan fingerprint density at radius 1 is 1.11 bits per heavy atom. The molecule has 1 aliphatic rings. The topological polar surface area (TPSA) is 113 Å². The summed E-state index contributed by atoms with van der Waals surface area (Å²) in [6.07, 6.45) is 1.52. The number of carbonyl (C=O) groups is 1. The maximum absolute atomic E-state index is 14.2. The molecule has 10 nitrogen and oxygen atoms in total. The van der Waals surface area contributed by atoms with Crippen LogP contribution < -0.4 is 15.6 Å². The van der Waals surface area contributed by atoms with Gasteiger partial charge >= 0.3 is 5.97 Å². The molecule has 11 heteroatoms. The zero-order valence-corrected chi connectivity index (χ0v) is 27.7. The first-order valence-corrected chi connectivity index (χ1v) is 15.7. The highest BCUT2D eigenvalue weighted by atomic mass is 19.1. The second kappa shape index (κ2) is 13.4.